The summed E-state index contributed by atoms with van der Waals surface area (Å²) in [6.45, 7) is 4.34. The van der Waals surface area contributed by atoms with Gasteiger partial charge in [-0.1, -0.05) is 31.5 Å². The van der Waals surface area contributed by atoms with Crippen molar-refractivity contribution in [2.45, 2.75) is 26.7 Å². The lowest BCUT2D eigenvalue weighted by molar-refractivity contribution is -0.437. The van der Waals surface area contributed by atoms with Gasteiger partial charge in [-0.25, -0.2) is 0 Å². The highest BCUT2D eigenvalue weighted by Gasteiger charge is 2.14. The zero-order chi connectivity index (χ0) is 13.4. The van der Waals surface area contributed by atoms with Crippen LogP contribution in [0.1, 0.15) is 25.5 Å². The number of aromatic amines is 2. The lowest BCUT2D eigenvalue weighted by Crippen LogP contribution is -3.00. The Morgan fingerprint density at radius 3 is 2.26 bits per heavy atom. The van der Waals surface area contributed by atoms with E-state index in [2.05, 4.69) is 17.1 Å². The molecule has 5 heteroatoms. The van der Waals surface area contributed by atoms with E-state index in [9.17, 15) is 0 Å². The maximum atomic E-state index is 8.07. The highest BCUT2D eigenvalue weighted by Crippen LogP contribution is 2.21. The Kier molecular flexibility index (Phi) is 8.66. The second-order valence-electron chi connectivity index (χ2n) is 4.11. The van der Waals surface area contributed by atoms with E-state index in [1.54, 1.807) is 0 Å². The lowest BCUT2D eigenvalue weighted by Gasteiger charge is -1.91. The molecule has 1 heterocycles. The van der Waals surface area contributed by atoms with Crippen LogP contribution in [0.4, 0.5) is 5.69 Å². The predicted octanol–water partition coefficient (Wildman–Crippen LogP) is -0.831. The van der Waals surface area contributed by atoms with Crippen LogP contribution in [0.25, 0.3) is 11.3 Å². The number of benzene rings is 1. The summed E-state index contributed by atoms with van der Waals surface area (Å²) in [5.74, 6) is 0. The molecule has 4 nitrogen and oxygen atoms in total. The molecule has 19 heavy (non-hydrogen) atoms. The van der Waals surface area contributed by atoms with Crippen LogP contribution in [0, 0.1) is 6.92 Å². The SMILES string of the molecule is CCCCO.Cc1[nH][nH+]c(-c2ccccc2)c1N.[Cl-]. The van der Waals surface area contributed by atoms with Crippen LogP contribution in [0.2, 0.25) is 0 Å². The largest absolute Gasteiger partial charge is 1.00 e. The second-order valence-corrected chi connectivity index (χ2v) is 4.11. The number of nitrogen functional groups attached to an aromatic ring is 1. The van der Waals surface area contributed by atoms with Gasteiger partial charge in [-0.15, -0.1) is 5.10 Å². The highest BCUT2D eigenvalue weighted by atomic mass is 35.5. The molecule has 0 radical (unpaired) electrons. The quantitative estimate of drug-likeness (QED) is 0.688. The van der Waals surface area contributed by atoms with Crippen molar-refractivity contribution in [2.24, 2.45) is 0 Å². The Labute approximate surface area is 120 Å². The Hall–Kier alpha value is -1.52. The Morgan fingerprint density at radius 2 is 1.89 bits per heavy atom. The van der Waals surface area contributed by atoms with Crippen LogP contribution in [0.5, 0.6) is 0 Å². The molecule has 0 atom stereocenters. The third kappa shape index (κ3) is 5.32. The zero-order valence-electron chi connectivity index (χ0n) is 11.4. The molecular formula is C14H22ClN3O. The second kappa shape index (κ2) is 9.42. The molecule has 0 bridgehead atoms. The van der Waals surface area contributed by atoms with E-state index in [1.165, 1.54) is 0 Å². The van der Waals surface area contributed by atoms with E-state index in [0.717, 1.165) is 35.5 Å². The maximum Gasteiger partial charge on any atom is 0.258 e. The van der Waals surface area contributed by atoms with Crippen LogP contribution in [0.15, 0.2) is 30.3 Å². The molecule has 0 amide bonds. The van der Waals surface area contributed by atoms with E-state index in [4.69, 9.17) is 10.8 Å². The molecule has 5 N–H and O–H groups in total. The first-order chi connectivity index (χ1) is 8.70. The first kappa shape index (κ1) is 17.5. The molecular weight excluding hydrogens is 262 g/mol. The normalized spacial score (nSPS) is 9.21. The summed E-state index contributed by atoms with van der Waals surface area (Å²) >= 11 is 0. The van der Waals surface area contributed by atoms with Crippen molar-refractivity contribution < 1.29 is 22.6 Å². The number of hydrogen-bond acceptors (Lipinski definition) is 2. The number of nitrogens with two attached hydrogens (primary N) is 1. The summed E-state index contributed by atoms with van der Waals surface area (Å²) in [7, 11) is 0. The van der Waals surface area contributed by atoms with Gasteiger partial charge in [-0.3, -0.25) is 0 Å². The Morgan fingerprint density at radius 1 is 1.26 bits per heavy atom. The minimum atomic E-state index is 0. The lowest BCUT2D eigenvalue weighted by atomic mass is 10.1. The molecule has 0 aliphatic rings. The number of aryl methyl sites for hydroxylation is 1. The van der Waals surface area contributed by atoms with Crippen LogP contribution in [-0.4, -0.2) is 16.8 Å². The Balaban J connectivity index is 0.000000471. The number of nitrogens with one attached hydrogen (secondary N) is 2. The summed E-state index contributed by atoms with van der Waals surface area (Å²) in [5, 5.41) is 14.1. The van der Waals surface area contributed by atoms with Crippen molar-refractivity contribution >= 4 is 5.69 Å². The molecule has 106 valence electrons. The number of aromatic nitrogens is 2. The van der Waals surface area contributed by atoms with Gasteiger partial charge in [0, 0.05) is 6.61 Å². The van der Waals surface area contributed by atoms with Gasteiger partial charge in [0.1, 0.15) is 5.69 Å². The third-order valence-electron chi connectivity index (χ3n) is 2.62. The monoisotopic (exact) mass is 283 g/mol. The fourth-order valence-corrected chi connectivity index (χ4v) is 1.47. The number of halogens is 1. The molecule has 0 fully saturated rings. The van der Waals surface area contributed by atoms with Gasteiger partial charge >= 0.3 is 0 Å². The van der Waals surface area contributed by atoms with Crippen molar-refractivity contribution in [1.29, 1.82) is 0 Å². The van der Waals surface area contributed by atoms with E-state index < -0.39 is 0 Å². The molecule has 0 unspecified atom stereocenters. The topological polar surface area (TPSA) is 76.2 Å². The molecule has 1 aromatic carbocycles. The van der Waals surface area contributed by atoms with E-state index in [-0.39, 0.29) is 12.4 Å². The van der Waals surface area contributed by atoms with Gasteiger partial charge < -0.3 is 23.2 Å². The van der Waals surface area contributed by atoms with Crippen LogP contribution in [0.3, 0.4) is 0 Å². The van der Waals surface area contributed by atoms with Gasteiger partial charge in [-0.2, -0.15) is 5.10 Å². The van der Waals surface area contributed by atoms with Crippen LogP contribution in [-0.2, 0) is 0 Å². The molecule has 2 aromatic rings. The standard InChI is InChI=1S/C10H11N3.C4H10O.ClH/c1-7-9(11)10(13-12-7)8-5-3-2-4-6-8;1-2-3-4-5;/h2-6H,11H2,1H3,(H,12,13);5H,2-4H2,1H3;1H. The van der Waals surface area contributed by atoms with E-state index >= 15 is 0 Å². The van der Waals surface area contributed by atoms with Crippen molar-refractivity contribution in [3.63, 3.8) is 0 Å². The van der Waals surface area contributed by atoms with E-state index in [0.29, 0.717) is 6.61 Å². The van der Waals surface area contributed by atoms with Crippen LogP contribution < -0.4 is 23.2 Å². The number of H-pyrrole nitrogens is 2. The van der Waals surface area contributed by atoms with Crippen LogP contribution >= 0.6 is 0 Å². The summed E-state index contributed by atoms with van der Waals surface area (Å²) in [6, 6.07) is 10.0. The zero-order valence-corrected chi connectivity index (χ0v) is 12.2. The maximum absolute atomic E-state index is 8.07. The smallest absolute Gasteiger partial charge is 0.258 e. The molecule has 0 saturated carbocycles. The summed E-state index contributed by atoms with van der Waals surface area (Å²) in [6.07, 6.45) is 2.04. The average molecular weight is 284 g/mol. The molecule has 1 aromatic heterocycles. The number of aliphatic hydroxyl groups excluding tert-OH is 1. The first-order valence-electron chi connectivity index (χ1n) is 6.22. The number of hydrogen-bond donors (Lipinski definition) is 3. The summed E-state index contributed by atoms with van der Waals surface area (Å²) in [5.41, 5.74) is 9.68. The van der Waals surface area contributed by atoms with Crippen molar-refractivity contribution in [3.8, 4) is 11.3 Å². The highest BCUT2D eigenvalue weighted by molar-refractivity contribution is 5.70. The van der Waals surface area contributed by atoms with Crippen molar-refractivity contribution in [3.05, 3.63) is 36.0 Å². The van der Waals surface area contributed by atoms with Crippen molar-refractivity contribution in [2.75, 3.05) is 12.3 Å². The number of aliphatic hydroxyl groups is 1. The fourth-order valence-electron chi connectivity index (χ4n) is 1.47. The minimum Gasteiger partial charge on any atom is -1.00 e. The van der Waals surface area contributed by atoms with Crippen molar-refractivity contribution in [1.82, 2.24) is 5.10 Å². The van der Waals surface area contributed by atoms with Gasteiger partial charge in [-0.05, 0) is 25.5 Å². The average Bonchev–Trinajstić information content (AvgIpc) is 2.73. The molecule has 0 saturated heterocycles. The molecule has 0 aliphatic heterocycles. The van der Waals surface area contributed by atoms with Gasteiger partial charge in [0.25, 0.3) is 5.69 Å². The molecule has 2 rings (SSSR count). The minimum absolute atomic E-state index is 0. The summed E-state index contributed by atoms with van der Waals surface area (Å²) < 4.78 is 0. The van der Waals surface area contributed by atoms with Gasteiger partial charge in [0.05, 0.1) is 11.3 Å². The fraction of sp³-hybridized carbons (Fsp3) is 0.357. The number of anilines is 1. The Bertz CT molecular complexity index is 455. The first-order valence-corrected chi connectivity index (χ1v) is 6.22. The molecule has 0 spiro atoms. The summed E-state index contributed by atoms with van der Waals surface area (Å²) in [4.78, 5) is 0. The van der Waals surface area contributed by atoms with E-state index in [1.807, 2.05) is 37.3 Å². The van der Waals surface area contributed by atoms with Gasteiger partial charge in [0.15, 0.2) is 0 Å². The number of unbranched alkanes of at least 4 members (excludes halogenated alkanes) is 1. The third-order valence-corrected chi connectivity index (χ3v) is 2.62. The van der Waals surface area contributed by atoms with Gasteiger partial charge in [0.2, 0.25) is 0 Å². The molecule has 0 aliphatic carbocycles. The number of rotatable bonds is 3. The predicted molar refractivity (Wildman–Crippen MR) is 73.9 cm³/mol.